The van der Waals surface area contributed by atoms with Crippen molar-refractivity contribution >= 4 is 23.5 Å². The van der Waals surface area contributed by atoms with Crippen LogP contribution >= 0.6 is 11.6 Å². The number of halogens is 1. The molecule has 5 nitrogen and oxygen atoms in total. The van der Waals surface area contributed by atoms with Crippen molar-refractivity contribution in [1.29, 1.82) is 0 Å². The number of rotatable bonds is 4. The lowest BCUT2D eigenvalue weighted by atomic mass is 10.2. The average molecular weight is 279 g/mol. The highest BCUT2D eigenvalue weighted by Crippen LogP contribution is 2.15. The van der Waals surface area contributed by atoms with Gasteiger partial charge < -0.3 is 0 Å². The molecule has 0 saturated heterocycles. The molecule has 0 aliphatic carbocycles. The van der Waals surface area contributed by atoms with Crippen molar-refractivity contribution in [3.05, 3.63) is 40.4 Å². The minimum atomic E-state index is -0.214. The quantitative estimate of drug-likeness (QED) is 0.638. The van der Waals surface area contributed by atoms with Gasteiger partial charge in [0.15, 0.2) is 5.69 Å². The number of aromatic nitrogens is 4. The fourth-order valence-corrected chi connectivity index (χ4v) is 2.09. The molecule has 0 N–H and O–H groups in total. The maximum absolute atomic E-state index is 12.0. The third-order valence-corrected chi connectivity index (χ3v) is 3.15. The smallest absolute Gasteiger partial charge is 0.207 e. The lowest BCUT2D eigenvalue weighted by Crippen LogP contribution is -1.99. The zero-order valence-electron chi connectivity index (χ0n) is 11.1. The summed E-state index contributed by atoms with van der Waals surface area (Å²) < 4.78 is 3.39. The predicted octanol–water partition coefficient (Wildman–Crippen LogP) is 2.49. The molecule has 2 aromatic heterocycles. The molecule has 0 radical (unpaired) electrons. The zero-order chi connectivity index (χ0) is 14.0. The molecule has 2 aromatic rings. The summed E-state index contributed by atoms with van der Waals surface area (Å²) in [7, 11) is 1.72. The van der Waals surface area contributed by atoms with Crippen LogP contribution in [0.25, 0.3) is 6.08 Å². The first-order chi connectivity index (χ1) is 9.02. The van der Waals surface area contributed by atoms with Crippen molar-refractivity contribution in [2.45, 2.75) is 20.4 Å². The van der Waals surface area contributed by atoms with Crippen molar-refractivity contribution in [3.63, 3.8) is 0 Å². The van der Waals surface area contributed by atoms with E-state index in [4.69, 9.17) is 11.6 Å². The van der Waals surface area contributed by atoms with Crippen molar-refractivity contribution in [2.24, 2.45) is 7.05 Å². The molecule has 2 rings (SSSR count). The lowest BCUT2D eigenvalue weighted by Gasteiger charge is -1.98. The molecule has 100 valence electrons. The lowest BCUT2D eigenvalue weighted by molar-refractivity contribution is 0.104. The Hall–Kier alpha value is -1.88. The van der Waals surface area contributed by atoms with Crippen LogP contribution in [0.15, 0.2) is 18.5 Å². The molecule has 0 aliphatic rings. The second kappa shape index (κ2) is 5.40. The van der Waals surface area contributed by atoms with Crippen LogP contribution in [0, 0.1) is 6.92 Å². The number of ketones is 1. The first kappa shape index (κ1) is 13.5. The molecule has 19 heavy (non-hydrogen) atoms. The SMILES string of the molecule is CCn1ncc(/C=C/C(=O)c2nn(C)cc2Cl)c1C. The molecule has 0 bridgehead atoms. The van der Waals surface area contributed by atoms with Gasteiger partial charge in [0.05, 0.1) is 11.2 Å². The topological polar surface area (TPSA) is 52.7 Å². The Morgan fingerprint density at radius 1 is 1.53 bits per heavy atom. The number of hydrogen-bond donors (Lipinski definition) is 0. The molecule has 6 heteroatoms. The first-order valence-corrected chi connectivity index (χ1v) is 6.34. The maximum Gasteiger partial charge on any atom is 0.207 e. The van der Waals surface area contributed by atoms with Crippen molar-refractivity contribution < 1.29 is 4.79 Å². The van der Waals surface area contributed by atoms with Crippen LogP contribution in [0.2, 0.25) is 5.02 Å². The zero-order valence-corrected chi connectivity index (χ0v) is 11.8. The molecule has 0 aromatic carbocycles. The predicted molar refractivity (Wildman–Crippen MR) is 74.2 cm³/mol. The minimum absolute atomic E-state index is 0.214. The number of hydrogen-bond acceptors (Lipinski definition) is 3. The highest BCUT2D eigenvalue weighted by molar-refractivity contribution is 6.34. The van der Waals surface area contributed by atoms with Crippen molar-refractivity contribution in [2.75, 3.05) is 0 Å². The van der Waals surface area contributed by atoms with E-state index in [1.54, 1.807) is 25.5 Å². The third kappa shape index (κ3) is 2.76. The standard InChI is InChI=1S/C13H15ClN4O/c1-4-18-9(2)10(7-15-18)5-6-12(19)13-11(14)8-17(3)16-13/h5-8H,4H2,1-3H3/b6-5+. The molecular weight excluding hydrogens is 264 g/mol. The van der Waals surface area contributed by atoms with Crippen molar-refractivity contribution in [3.8, 4) is 0 Å². The maximum atomic E-state index is 12.0. The highest BCUT2D eigenvalue weighted by Gasteiger charge is 2.12. The van der Waals surface area contributed by atoms with Gasteiger partial charge in [-0.2, -0.15) is 10.2 Å². The molecule has 2 heterocycles. The van der Waals surface area contributed by atoms with E-state index in [0.717, 1.165) is 17.8 Å². The minimum Gasteiger partial charge on any atom is -0.287 e. The van der Waals surface area contributed by atoms with Crippen LogP contribution < -0.4 is 0 Å². The Morgan fingerprint density at radius 3 is 2.79 bits per heavy atom. The van der Waals surface area contributed by atoms with Crippen LogP contribution in [-0.4, -0.2) is 25.3 Å². The van der Waals surface area contributed by atoms with Crippen LogP contribution in [0.4, 0.5) is 0 Å². The number of carbonyl (C=O) groups is 1. The highest BCUT2D eigenvalue weighted by atomic mass is 35.5. The normalized spacial score (nSPS) is 11.4. The number of aryl methyl sites for hydroxylation is 2. The number of allylic oxidation sites excluding steroid dienone is 1. The van der Waals surface area contributed by atoms with Crippen LogP contribution in [0.1, 0.15) is 28.7 Å². The number of nitrogens with zero attached hydrogens (tertiary/aromatic N) is 4. The molecule has 0 fully saturated rings. The van der Waals surface area contributed by atoms with Crippen LogP contribution in [0.3, 0.4) is 0 Å². The summed E-state index contributed by atoms with van der Waals surface area (Å²) >= 11 is 5.93. The van der Waals surface area contributed by atoms with Gasteiger partial charge in [-0.25, -0.2) is 0 Å². The summed E-state index contributed by atoms with van der Waals surface area (Å²) in [6, 6.07) is 0. The van der Waals surface area contributed by atoms with E-state index in [2.05, 4.69) is 10.2 Å². The fourth-order valence-electron chi connectivity index (χ4n) is 1.81. The summed E-state index contributed by atoms with van der Waals surface area (Å²) in [4.78, 5) is 12.0. The van der Waals surface area contributed by atoms with Gasteiger partial charge in [-0.3, -0.25) is 14.2 Å². The van der Waals surface area contributed by atoms with Crippen LogP contribution in [0.5, 0.6) is 0 Å². The Labute approximate surface area is 116 Å². The van der Waals surface area contributed by atoms with Gasteiger partial charge in [0.2, 0.25) is 5.78 Å². The van der Waals surface area contributed by atoms with Gasteiger partial charge in [0.1, 0.15) is 0 Å². The molecule has 0 atom stereocenters. The summed E-state index contributed by atoms with van der Waals surface area (Å²) in [6.45, 7) is 4.79. The van der Waals surface area contributed by atoms with Gasteiger partial charge in [-0.05, 0) is 26.0 Å². The second-order valence-corrected chi connectivity index (χ2v) is 4.61. The second-order valence-electron chi connectivity index (χ2n) is 4.20. The Morgan fingerprint density at radius 2 is 2.26 bits per heavy atom. The summed E-state index contributed by atoms with van der Waals surface area (Å²) in [5, 5.41) is 8.60. The number of carbonyl (C=O) groups excluding carboxylic acids is 1. The van der Waals surface area contributed by atoms with Gasteiger partial charge in [-0.1, -0.05) is 11.6 Å². The van der Waals surface area contributed by atoms with E-state index < -0.39 is 0 Å². The Kier molecular flexibility index (Phi) is 3.85. The molecule has 0 amide bonds. The first-order valence-electron chi connectivity index (χ1n) is 5.97. The molecule has 0 spiro atoms. The molecule has 0 unspecified atom stereocenters. The van der Waals surface area contributed by atoms with Crippen LogP contribution in [-0.2, 0) is 13.6 Å². The van der Waals surface area contributed by atoms with Gasteiger partial charge in [-0.15, -0.1) is 0 Å². The van der Waals surface area contributed by atoms with E-state index in [0.29, 0.717) is 5.02 Å². The van der Waals surface area contributed by atoms with E-state index in [1.807, 2.05) is 18.5 Å². The average Bonchev–Trinajstić information content (AvgIpc) is 2.89. The van der Waals surface area contributed by atoms with E-state index >= 15 is 0 Å². The fraction of sp³-hybridized carbons (Fsp3) is 0.308. The van der Waals surface area contributed by atoms with Gasteiger partial charge in [0, 0.05) is 31.0 Å². The van der Waals surface area contributed by atoms with E-state index in [9.17, 15) is 4.79 Å². The summed E-state index contributed by atoms with van der Waals surface area (Å²) in [5.41, 5.74) is 2.21. The Balaban J connectivity index is 2.20. The third-order valence-electron chi connectivity index (χ3n) is 2.87. The largest absolute Gasteiger partial charge is 0.287 e. The van der Waals surface area contributed by atoms with Gasteiger partial charge >= 0.3 is 0 Å². The van der Waals surface area contributed by atoms with Gasteiger partial charge in [0.25, 0.3) is 0 Å². The summed E-state index contributed by atoms with van der Waals surface area (Å²) in [5.74, 6) is -0.214. The van der Waals surface area contributed by atoms with Crippen molar-refractivity contribution in [1.82, 2.24) is 19.6 Å². The monoisotopic (exact) mass is 278 g/mol. The summed E-state index contributed by atoms with van der Waals surface area (Å²) in [6.07, 6.45) is 6.55. The van der Waals surface area contributed by atoms with E-state index in [1.165, 1.54) is 10.8 Å². The molecule has 0 saturated carbocycles. The van der Waals surface area contributed by atoms with E-state index in [-0.39, 0.29) is 11.5 Å². The molecular formula is C13H15ClN4O. The molecule has 0 aliphatic heterocycles. The Bertz CT molecular complexity index is 639.